The maximum atomic E-state index is 13.9. The van der Waals surface area contributed by atoms with Crippen LogP contribution in [0, 0.1) is 0 Å². The summed E-state index contributed by atoms with van der Waals surface area (Å²) in [5.41, 5.74) is 4.82. The molecule has 0 aliphatic carbocycles. The summed E-state index contributed by atoms with van der Waals surface area (Å²) in [6.07, 6.45) is 0. The van der Waals surface area contributed by atoms with Gasteiger partial charge in [0.2, 0.25) is 0 Å². The van der Waals surface area contributed by atoms with E-state index in [1.54, 1.807) is 41.1 Å². The van der Waals surface area contributed by atoms with Gasteiger partial charge in [0.1, 0.15) is 29.5 Å². The number of anilines is 1. The molecule has 2 aromatic heterocycles. The lowest BCUT2D eigenvalue weighted by Crippen LogP contribution is -2.30. The number of carbonyl (C=O) groups excluding carboxylic acids is 2. The number of ether oxygens (including phenoxy) is 2. The third-order valence-corrected chi connectivity index (χ3v) is 7.79. The molecule has 1 aliphatic rings. The lowest BCUT2D eigenvalue weighted by Gasteiger charge is -2.18. The quantitative estimate of drug-likeness (QED) is 0.150. The molecule has 10 heteroatoms. The Morgan fingerprint density at radius 1 is 1.05 bits per heavy atom. The minimum absolute atomic E-state index is 0.139. The Labute approximate surface area is 242 Å². The van der Waals surface area contributed by atoms with Crippen molar-refractivity contribution in [2.45, 2.75) is 12.5 Å². The topological polar surface area (TPSA) is 96.6 Å². The van der Waals surface area contributed by atoms with Gasteiger partial charge in [-0.3, -0.25) is 4.79 Å². The molecule has 0 bridgehead atoms. The van der Waals surface area contributed by atoms with Gasteiger partial charge in [-0.05, 0) is 41.5 Å². The van der Waals surface area contributed by atoms with E-state index in [9.17, 15) is 9.59 Å². The number of methoxy groups -OCH3 is 1. The second kappa shape index (κ2) is 10.5. The van der Waals surface area contributed by atoms with Gasteiger partial charge in [0.05, 0.1) is 18.3 Å². The minimum atomic E-state index is -0.503. The molecule has 8 nitrogen and oxygen atoms in total. The number of benzene rings is 3. The van der Waals surface area contributed by atoms with Crippen LogP contribution in [-0.2, 0) is 9.67 Å². The van der Waals surface area contributed by atoms with Crippen LogP contribution in [-0.4, -0.2) is 41.4 Å². The van der Waals surface area contributed by atoms with Crippen LogP contribution in [0.25, 0.3) is 21.8 Å². The van der Waals surface area contributed by atoms with E-state index in [1.807, 2.05) is 60.7 Å². The van der Waals surface area contributed by atoms with E-state index in [2.05, 4.69) is 9.97 Å². The van der Waals surface area contributed by atoms with Crippen LogP contribution >= 0.6 is 34.6 Å². The number of H-pyrrole nitrogens is 2. The van der Waals surface area contributed by atoms with Crippen molar-refractivity contribution in [3.05, 3.63) is 89.2 Å². The first-order chi connectivity index (χ1) is 19.0. The fraction of sp³-hybridized carbons (Fsp3) is 0.172. The summed E-state index contributed by atoms with van der Waals surface area (Å²) in [4.78, 5) is 34.4. The van der Waals surface area contributed by atoms with Crippen LogP contribution < -0.4 is 14.4 Å². The summed E-state index contributed by atoms with van der Waals surface area (Å²) in [5, 5.41) is 1.65. The van der Waals surface area contributed by atoms with Gasteiger partial charge in [-0.15, -0.1) is 11.6 Å². The van der Waals surface area contributed by atoms with Gasteiger partial charge in [-0.2, -0.15) is 0 Å². The number of nitrogens with zero attached hydrogens (tertiary/aromatic N) is 1. The molecule has 198 valence electrons. The summed E-state index contributed by atoms with van der Waals surface area (Å²) in [5.74, 6) is 0.711. The van der Waals surface area contributed by atoms with E-state index in [0.29, 0.717) is 53.1 Å². The first-order valence-electron chi connectivity index (χ1n) is 12.2. The van der Waals surface area contributed by atoms with Crippen molar-refractivity contribution >= 4 is 74.0 Å². The van der Waals surface area contributed by atoms with Crippen LogP contribution in [0.4, 0.5) is 5.69 Å². The maximum Gasteiger partial charge on any atom is 0.364 e. The lowest BCUT2D eigenvalue weighted by atomic mass is 9.98. The molecule has 1 atom stereocenters. The molecule has 1 aliphatic heterocycles. The average molecular weight is 656 g/mol. The Kier molecular flexibility index (Phi) is 6.86. The highest BCUT2D eigenvalue weighted by molar-refractivity contribution is 14.1. The fourth-order valence-electron chi connectivity index (χ4n) is 5.15. The van der Waals surface area contributed by atoms with E-state index in [0.717, 1.165) is 27.4 Å². The monoisotopic (exact) mass is 655 g/mol. The van der Waals surface area contributed by atoms with E-state index >= 15 is 0 Å². The highest BCUT2D eigenvalue weighted by atomic mass is 127. The van der Waals surface area contributed by atoms with Crippen LogP contribution in [0.5, 0.6) is 11.5 Å². The summed E-state index contributed by atoms with van der Waals surface area (Å²) in [6, 6.07) is 20.8. The van der Waals surface area contributed by atoms with Gasteiger partial charge in [0.15, 0.2) is 23.0 Å². The highest BCUT2D eigenvalue weighted by Gasteiger charge is 2.36. The van der Waals surface area contributed by atoms with Crippen molar-refractivity contribution in [1.29, 1.82) is 0 Å². The van der Waals surface area contributed by atoms with Gasteiger partial charge >= 0.3 is 5.97 Å². The first kappa shape index (κ1) is 25.6. The Hall–Kier alpha value is -3.70. The molecule has 39 heavy (non-hydrogen) atoms. The predicted molar refractivity (Wildman–Crippen MR) is 158 cm³/mol. The molecule has 0 unspecified atom stereocenters. The Balaban J connectivity index is 1.45. The second-order valence-corrected chi connectivity index (χ2v) is 10.1. The highest BCUT2D eigenvalue weighted by Crippen LogP contribution is 2.46. The first-order valence-corrected chi connectivity index (χ1v) is 13.7. The van der Waals surface area contributed by atoms with Gasteiger partial charge in [-0.1, -0.05) is 30.3 Å². The number of hydrogen-bond acceptors (Lipinski definition) is 5. The van der Waals surface area contributed by atoms with Gasteiger partial charge in [0.25, 0.3) is 5.91 Å². The Bertz CT molecular complexity index is 1710. The zero-order chi connectivity index (χ0) is 27.1. The number of aromatic amines is 2. The third-order valence-electron chi connectivity index (χ3n) is 7.02. The number of hydrogen-bond donors (Lipinski definition) is 2. The zero-order valence-electron chi connectivity index (χ0n) is 20.8. The molecule has 6 rings (SSSR count). The molecule has 0 fully saturated rings. The number of aromatic nitrogens is 2. The largest absolute Gasteiger partial charge is 0.497 e. The van der Waals surface area contributed by atoms with E-state index in [1.165, 1.54) is 0 Å². The van der Waals surface area contributed by atoms with Crippen molar-refractivity contribution in [2.24, 2.45) is 0 Å². The number of nitrogens with one attached hydrogen (secondary N) is 2. The molecule has 3 heterocycles. The molecule has 3 aromatic carbocycles. The molecule has 1 amide bonds. The molecule has 0 spiro atoms. The normalized spacial score (nSPS) is 14.5. The summed E-state index contributed by atoms with van der Waals surface area (Å²) < 4.78 is 16.5. The van der Waals surface area contributed by atoms with Crippen molar-refractivity contribution in [3.63, 3.8) is 0 Å². The fourth-order valence-corrected chi connectivity index (χ4v) is 5.64. The Morgan fingerprint density at radius 3 is 2.62 bits per heavy atom. The maximum absolute atomic E-state index is 13.9. The number of alkyl halides is 1. The molecular weight excluding hydrogens is 633 g/mol. The number of halogens is 2. The van der Waals surface area contributed by atoms with E-state index < -0.39 is 5.97 Å². The number of fused-ring (bicyclic) bond motifs is 4. The standard InChI is InChI=1S/C29H23ClIN3O5/c1-37-19-7-8-21-17(9-19)10-22(32-21)28(35)34-14-18(13-30)26-20-11-23(29(36)39-31)33-27(20)25(12-24(26)34)38-15-16-5-3-2-4-6-16/h2-12,18,32-33H,13-15H2,1H3/t18-/m1/s1. The number of amides is 1. The van der Waals surface area contributed by atoms with Crippen molar-refractivity contribution in [2.75, 3.05) is 24.4 Å². The van der Waals surface area contributed by atoms with Crippen LogP contribution in [0.3, 0.4) is 0 Å². The molecule has 0 saturated carbocycles. The van der Waals surface area contributed by atoms with Gasteiger partial charge < -0.3 is 27.4 Å². The smallest absolute Gasteiger partial charge is 0.364 e. The number of rotatable bonds is 7. The molecular formula is C29H23ClIN3O5. The van der Waals surface area contributed by atoms with Gasteiger partial charge in [-0.25, -0.2) is 4.79 Å². The molecule has 2 N–H and O–H groups in total. The minimum Gasteiger partial charge on any atom is -0.497 e. The Morgan fingerprint density at radius 2 is 1.87 bits per heavy atom. The number of carbonyl (C=O) groups is 2. The van der Waals surface area contributed by atoms with Crippen molar-refractivity contribution in [3.8, 4) is 11.5 Å². The van der Waals surface area contributed by atoms with E-state index in [4.69, 9.17) is 24.1 Å². The molecule has 0 saturated heterocycles. The lowest BCUT2D eigenvalue weighted by molar-refractivity contribution is 0.0795. The van der Waals surface area contributed by atoms with E-state index in [-0.39, 0.29) is 11.8 Å². The predicted octanol–water partition coefficient (Wildman–Crippen LogP) is 6.73. The summed E-state index contributed by atoms with van der Waals surface area (Å²) in [7, 11) is 1.61. The molecule has 0 radical (unpaired) electrons. The van der Waals surface area contributed by atoms with Crippen molar-refractivity contribution in [1.82, 2.24) is 9.97 Å². The SMILES string of the molecule is COc1ccc2[nH]c(C(=O)N3C[C@@H](CCl)c4c3cc(OCc3ccccc3)c3[nH]c(C(=O)OI)cc43)cc2c1. The second-order valence-electron chi connectivity index (χ2n) is 9.32. The summed E-state index contributed by atoms with van der Waals surface area (Å²) >= 11 is 8.00. The van der Waals surface area contributed by atoms with Gasteiger partial charge in [0, 0.05) is 40.7 Å². The summed E-state index contributed by atoms with van der Waals surface area (Å²) in [6.45, 7) is 0.710. The van der Waals surface area contributed by atoms with Crippen LogP contribution in [0.1, 0.15) is 38.0 Å². The zero-order valence-corrected chi connectivity index (χ0v) is 23.7. The average Bonchev–Trinajstić information content (AvgIpc) is 3.70. The van der Waals surface area contributed by atoms with Crippen molar-refractivity contribution < 1.29 is 22.1 Å². The van der Waals surface area contributed by atoms with Crippen LogP contribution in [0.2, 0.25) is 0 Å². The molecule has 5 aromatic rings. The third kappa shape index (κ3) is 4.59. The van der Waals surface area contributed by atoms with Crippen LogP contribution in [0.15, 0.2) is 66.7 Å².